The van der Waals surface area contributed by atoms with Gasteiger partial charge in [0.05, 0.1) is 15.1 Å². The fraction of sp³-hybridized carbons (Fsp3) is 0.286. The van der Waals surface area contributed by atoms with Gasteiger partial charge in [-0.05, 0) is 31.9 Å². The summed E-state index contributed by atoms with van der Waals surface area (Å²) in [6, 6.07) is 7.99. The molecule has 2 rings (SSSR count). The Kier molecular flexibility index (Phi) is 4.27. The molecule has 5 heteroatoms. The van der Waals surface area contributed by atoms with Crippen molar-refractivity contribution < 1.29 is 4.21 Å². The lowest BCUT2D eigenvalue weighted by molar-refractivity contribution is 0.651. The molecule has 0 saturated carbocycles. The summed E-state index contributed by atoms with van der Waals surface area (Å²) >= 11 is 1.61. The Morgan fingerprint density at radius 2 is 1.95 bits per heavy atom. The zero-order valence-corrected chi connectivity index (χ0v) is 12.8. The molecule has 3 nitrogen and oxygen atoms in total. The zero-order valence-electron chi connectivity index (χ0n) is 11.2. The predicted octanol–water partition coefficient (Wildman–Crippen LogP) is 3.69. The molecule has 0 aliphatic rings. The molecule has 0 N–H and O–H groups in total. The number of hydrogen-bond donors (Lipinski definition) is 0. The lowest BCUT2D eigenvalue weighted by atomic mass is 10.1. The second-order valence-corrected chi connectivity index (χ2v) is 7.90. The standard InChI is InChI=1S/C14H16N2OS2/c1-14(2,3)19(17)16-8-11-4-6-12(7-5-11)13-9-15-10-18-13/h4-10H,1-3H3/b16-8+/t19-/m1/s1. The minimum Gasteiger partial charge on any atom is -0.252 e. The molecule has 0 fully saturated rings. The van der Waals surface area contributed by atoms with E-state index in [2.05, 4.69) is 9.38 Å². The highest BCUT2D eigenvalue weighted by atomic mass is 32.2. The molecule has 0 radical (unpaired) electrons. The normalized spacial score (nSPS) is 13.8. The highest BCUT2D eigenvalue weighted by Crippen LogP contribution is 2.23. The molecule has 0 aliphatic heterocycles. The van der Waals surface area contributed by atoms with Gasteiger partial charge in [-0.25, -0.2) is 4.21 Å². The van der Waals surface area contributed by atoms with E-state index in [1.165, 1.54) is 0 Å². The van der Waals surface area contributed by atoms with Gasteiger partial charge in [0.2, 0.25) is 0 Å². The summed E-state index contributed by atoms with van der Waals surface area (Å²) < 4.78 is 15.6. The van der Waals surface area contributed by atoms with Crippen LogP contribution in [0.1, 0.15) is 26.3 Å². The van der Waals surface area contributed by atoms with Crippen molar-refractivity contribution in [1.82, 2.24) is 4.98 Å². The molecule has 1 aromatic carbocycles. The van der Waals surface area contributed by atoms with Crippen LogP contribution < -0.4 is 0 Å². The Balaban J connectivity index is 2.12. The first-order valence-electron chi connectivity index (χ1n) is 5.92. The van der Waals surface area contributed by atoms with Crippen LogP contribution in [0.4, 0.5) is 0 Å². The van der Waals surface area contributed by atoms with Crippen LogP contribution in [0.3, 0.4) is 0 Å². The molecule has 0 amide bonds. The van der Waals surface area contributed by atoms with Gasteiger partial charge in [-0.2, -0.15) is 4.40 Å². The van der Waals surface area contributed by atoms with Gasteiger partial charge in [-0.3, -0.25) is 4.98 Å². The van der Waals surface area contributed by atoms with Crippen LogP contribution in [0.5, 0.6) is 0 Å². The first-order valence-corrected chi connectivity index (χ1v) is 7.90. The van der Waals surface area contributed by atoms with Gasteiger partial charge < -0.3 is 0 Å². The minimum atomic E-state index is -1.21. The molecule has 1 aromatic heterocycles. The van der Waals surface area contributed by atoms with Crippen LogP contribution in [-0.2, 0) is 11.0 Å². The number of thiazole rings is 1. The highest BCUT2D eigenvalue weighted by Gasteiger charge is 2.17. The van der Waals surface area contributed by atoms with E-state index in [1.807, 2.05) is 56.7 Å². The van der Waals surface area contributed by atoms with E-state index in [1.54, 1.807) is 17.6 Å². The van der Waals surface area contributed by atoms with Gasteiger partial charge in [0.25, 0.3) is 0 Å². The van der Waals surface area contributed by atoms with Crippen LogP contribution in [0.25, 0.3) is 10.4 Å². The summed E-state index contributed by atoms with van der Waals surface area (Å²) in [5, 5.41) is 0. The number of rotatable bonds is 3. The highest BCUT2D eigenvalue weighted by molar-refractivity contribution is 7.85. The molecule has 100 valence electrons. The maximum absolute atomic E-state index is 11.8. The summed E-state index contributed by atoms with van der Waals surface area (Å²) in [5.74, 6) is 0. The fourth-order valence-electron chi connectivity index (χ4n) is 1.36. The monoisotopic (exact) mass is 292 g/mol. The smallest absolute Gasteiger partial charge is 0.144 e. The molecule has 0 saturated heterocycles. The third-order valence-electron chi connectivity index (χ3n) is 2.45. The van der Waals surface area contributed by atoms with Crippen LogP contribution >= 0.6 is 11.3 Å². The number of benzene rings is 1. The molecule has 1 heterocycles. The molecule has 19 heavy (non-hydrogen) atoms. The number of aromatic nitrogens is 1. The van der Waals surface area contributed by atoms with Crippen molar-refractivity contribution in [2.24, 2.45) is 4.40 Å². The van der Waals surface area contributed by atoms with Crippen molar-refractivity contribution in [3.05, 3.63) is 41.5 Å². The van der Waals surface area contributed by atoms with Crippen molar-refractivity contribution in [2.45, 2.75) is 25.5 Å². The summed E-state index contributed by atoms with van der Waals surface area (Å²) in [7, 11) is -1.21. The largest absolute Gasteiger partial charge is 0.252 e. The van der Waals surface area contributed by atoms with Crippen molar-refractivity contribution in [3.63, 3.8) is 0 Å². The Morgan fingerprint density at radius 3 is 2.47 bits per heavy atom. The van der Waals surface area contributed by atoms with E-state index in [-0.39, 0.29) is 4.75 Å². The molecule has 0 bridgehead atoms. The van der Waals surface area contributed by atoms with Crippen molar-refractivity contribution >= 4 is 28.5 Å². The maximum atomic E-state index is 11.8. The maximum Gasteiger partial charge on any atom is 0.144 e. The average Bonchev–Trinajstić information content (AvgIpc) is 2.89. The van der Waals surface area contributed by atoms with Crippen molar-refractivity contribution in [3.8, 4) is 10.4 Å². The quantitative estimate of drug-likeness (QED) is 0.810. The van der Waals surface area contributed by atoms with E-state index < -0.39 is 11.0 Å². The summed E-state index contributed by atoms with van der Waals surface area (Å²) in [6.07, 6.45) is 3.51. The van der Waals surface area contributed by atoms with Crippen LogP contribution in [-0.4, -0.2) is 20.2 Å². The van der Waals surface area contributed by atoms with Gasteiger partial charge in [0.1, 0.15) is 11.0 Å². The summed E-state index contributed by atoms with van der Waals surface area (Å²) in [4.78, 5) is 5.20. The molecule has 1 atom stereocenters. The van der Waals surface area contributed by atoms with Crippen LogP contribution in [0.2, 0.25) is 0 Å². The Hall–Kier alpha value is -1.33. The number of hydrogen-bond acceptors (Lipinski definition) is 3. The summed E-state index contributed by atoms with van der Waals surface area (Å²) in [5.41, 5.74) is 3.90. The summed E-state index contributed by atoms with van der Waals surface area (Å²) in [6.45, 7) is 5.73. The lowest BCUT2D eigenvalue weighted by Gasteiger charge is -2.12. The molecule has 2 aromatic rings. The Morgan fingerprint density at radius 1 is 1.26 bits per heavy atom. The van der Waals surface area contributed by atoms with E-state index in [0.717, 1.165) is 16.0 Å². The third kappa shape index (κ3) is 3.81. The van der Waals surface area contributed by atoms with Gasteiger partial charge in [-0.15, -0.1) is 11.3 Å². The SMILES string of the molecule is CC(C)(C)[S@@](=O)/N=C/c1ccc(-c2cncs2)cc1. The van der Waals surface area contributed by atoms with Crippen molar-refractivity contribution in [1.29, 1.82) is 0 Å². The molecule has 0 aliphatic carbocycles. The second-order valence-electron chi connectivity index (χ2n) is 5.08. The predicted molar refractivity (Wildman–Crippen MR) is 83.0 cm³/mol. The topological polar surface area (TPSA) is 42.3 Å². The van der Waals surface area contributed by atoms with Crippen LogP contribution in [0.15, 0.2) is 40.4 Å². The molecular weight excluding hydrogens is 276 g/mol. The van der Waals surface area contributed by atoms with E-state index >= 15 is 0 Å². The van der Waals surface area contributed by atoms with Crippen molar-refractivity contribution in [2.75, 3.05) is 0 Å². The lowest BCUT2D eigenvalue weighted by Crippen LogP contribution is -2.19. The zero-order chi connectivity index (χ0) is 13.9. The first kappa shape index (κ1) is 14.1. The van der Waals surface area contributed by atoms with E-state index in [9.17, 15) is 4.21 Å². The number of nitrogens with zero attached hydrogens (tertiary/aromatic N) is 2. The Labute approximate surface area is 120 Å². The fourth-order valence-corrected chi connectivity index (χ4v) is 2.52. The molecule has 0 unspecified atom stereocenters. The average molecular weight is 292 g/mol. The second kappa shape index (κ2) is 5.75. The van der Waals surface area contributed by atoms with E-state index in [4.69, 9.17) is 0 Å². The van der Waals surface area contributed by atoms with E-state index in [0.29, 0.717) is 0 Å². The first-order chi connectivity index (χ1) is 8.97. The molecule has 0 spiro atoms. The van der Waals surface area contributed by atoms with Gasteiger partial charge in [-0.1, -0.05) is 24.3 Å². The third-order valence-corrected chi connectivity index (χ3v) is 4.62. The van der Waals surface area contributed by atoms with Crippen LogP contribution in [0, 0.1) is 0 Å². The minimum absolute atomic E-state index is 0.320. The van der Waals surface area contributed by atoms with Gasteiger partial charge in [0.15, 0.2) is 0 Å². The Bertz CT molecular complexity index is 581. The van der Waals surface area contributed by atoms with Gasteiger partial charge >= 0.3 is 0 Å². The molecular formula is C14H16N2OS2. The van der Waals surface area contributed by atoms with Gasteiger partial charge in [0, 0.05) is 12.4 Å².